The van der Waals surface area contributed by atoms with E-state index in [-0.39, 0.29) is 6.03 Å². The van der Waals surface area contributed by atoms with Gasteiger partial charge in [0.1, 0.15) is 0 Å². The molecule has 0 aliphatic heterocycles. The number of hydrogen-bond acceptors (Lipinski definition) is 1. The molecule has 0 radical (unpaired) electrons. The first-order valence-corrected chi connectivity index (χ1v) is 6.37. The highest BCUT2D eigenvalue weighted by Gasteiger charge is 2.41. The summed E-state index contributed by atoms with van der Waals surface area (Å²) in [6.45, 7) is 0.911. The number of rotatable bonds is 5. The van der Waals surface area contributed by atoms with Crippen LogP contribution in [0.3, 0.4) is 0 Å². The van der Waals surface area contributed by atoms with Gasteiger partial charge in [-0.3, -0.25) is 0 Å². The van der Waals surface area contributed by atoms with Crippen molar-refractivity contribution in [2.45, 2.75) is 44.6 Å². The minimum Gasteiger partial charge on any atom is -0.338 e. The highest BCUT2D eigenvalue weighted by atomic mass is 16.2. The maximum atomic E-state index is 11.5. The summed E-state index contributed by atoms with van der Waals surface area (Å²) in [7, 11) is 0. The fraction of sp³-hybridized carbons (Fsp3) is 0.917. The van der Waals surface area contributed by atoms with Crippen LogP contribution in [0, 0.1) is 17.8 Å². The lowest BCUT2D eigenvalue weighted by Crippen LogP contribution is -2.40. The standard InChI is InChI=1S/C12H20N2O/c15-12(14-10-5-6-10)13-7-11(8-1-2-8)9-3-4-9/h8-11H,1-7H2,(H2,13,14,15). The van der Waals surface area contributed by atoms with Crippen LogP contribution >= 0.6 is 0 Å². The zero-order valence-electron chi connectivity index (χ0n) is 9.17. The average molecular weight is 208 g/mol. The molecular formula is C12H20N2O. The number of urea groups is 1. The highest BCUT2D eigenvalue weighted by Crippen LogP contribution is 2.48. The van der Waals surface area contributed by atoms with Crippen LogP contribution in [-0.2, 0) is 0 Å². The van der Waals surface area contributed by atoms with Crippen LogP contribution in [-0.4, -0.2) is 18.6 Å². The first-order valence-electron chi connectivity index (χ1n) is 6.37. The van der Waals surface area contributed by atoms with Crippen LogP contribution < -0.4 is 10.6 Å². The van der Waals surface area contributed by atoms with Crippen molar-refractivity contribution in [2.75, 3.05) is 6.54 Å². The van der Waals surface area contributed by atoms with Gasteiger partial charge in [0.15, 0.2) is 0 Å². The van der Waals surface area contributed by atoms with Crippen LogP contribution in [0.1, 0.15) is 38.5 Å². The lowest BCUT2D eigenvalue weighted by molar-refractivity contribution is 0.236. The first kappa shape index (κ1) is 9.49. The van der Waals surface area contributed by atoms with Crippen molar-refractivity contribution in [3.05, 3.63) is 0 Å². The molecule has 15 heavy (non-hydrogen) atoms. The van der Waals surface area contributed by atoms with Gasteiger partial charge in [-0.2, -0.15) is 0 Å². The molecule has 3 rings (SSSR count). The van der Waals surface area contributed by atoms with E-state index < -0.39 is 0 Å². The predicted octanol–water partition coefficient (Wildman–Crippen LogP) is 1.88. The molecule has 0 unspecified atom stereocenters. The van der Waals surface area contributed by atoms with Crippen molar-refractivity contribution in [1.29, 1.82) is 0 Å². The molecule has 0 aromatic carbocycles. The molecule has 0 atom stereocenters. The average Bonchev–Trinajstić information content (AvgIpc) is 3.04. The van der Waals surface area contributed by atoms with Gasteiger partial charge in [0.05, 0.1) is 0 Å². The Morgan fingerprint density at radius 2 is 1.67 bits per heavy atom. The molecule has 3 fully saturated rings. The SMILES string of the molecule is O=C(NCC(C1CC1)C1CC1)NC1CC1. The number of hydrogen-bond donors (Lipinski definition) is 2. The van der Waals surface area contributed by atoms with E-state index in [4.69, 9.17) is 0 Å². The molecule has 0 aromatic heterocycles. The predicted molar refractivity (Wildman–Crippen MR) is 58.5 cm³/mol. The summed E-state index contributed by atoms with van der Waals surface area (Å²) < 4.78 is 0. The van der Waals surface area contributed by atoms with Gasteiger partial charge in [0.2, 0.25) is 0 Å². The number of carbonyl (C=O) groups is 1. The van der Waals surface area contributed by atoms with E-state index in [1.54, 1.807) is 0 Å². The van der Waals surface area contributed by atoms with Gasteiger partial charge in [-0.05, 0) is 56.3 Å². The fourth-order valence-electron chi connectivity index (χ4n) is 2.44. The Bertz CT molecular complexity index is 242. The van der Waals surface area contributed by atoms with Crippen molar-refractivity contribution < 1.29 is 4.79 Å². The van der Waals surface area contributed by atoms with Crippen molar-refractivity contribution >= 4 is 6.03 Å². The van der Waals surface area contributed by atoms with Crippen LogP contribution in [0.5, 0.6) is 0 Å². The Morgan fingerprint density at radius 3 is 2.13 bits per heavy atom. The maximum absolute atomic E-state index is 11.5. The molecule has 3 heteroatoms. The molecule has 2 amide bonds. The van der Waals surface area contributed by atoms with Gasteiger partial charge in [-0.15, -0.1) is 0 Å². The zero-order valence-corrected chi connectivity index (χ0v) is 9.17. The summed E-state index contributed by atoms with van der Waals surface area (Å²) in [4.78, 5) is 11.5. The molecule has 2 N–H and O–H groups in total. The molecule has 0 heterocycles. The molecule has 3 aliphatic rings. The summed E-state index contributed by atoms with van der Waals surface area (Å²) >= 11 is 0. The minimum absolute atomic E-state index is 0.0591. The second-order valence-corrected chi connectivity index (χ2v) is 5.47. The van der Waals surface area contributed by atoms with E-state index in [1.165, 1.54) is 38.5 Å². The van der Waals surface area contributed by atoms with Crippen molar-refractivity contribution in [1.82, 2.24) is 10.6 Å². The second-order valence-electron chi connectivity index (χ2n) is 5.47. The van der Waals surface area contributed by atoms with Gasteiger partial charge < -0.3 is 10.6 Å². The lowest BCUT2D eigenvalue weighted by Gasteiger charge is -2.16. The summed E-state index contributed by atoms with van der Waals surface area (Å²) in [5, 5.41) is 6.02. The van der Waals surface area contributed by atoms with E-state index in [9.17, 15) is 4.79 Å². The fourth-order valence-corrected chi connectivity index (χ4v) is 2.44. The molecule has 0 aromatic rings. The normalized spacial score (nSPS) is 25.4. The monoisotopic (exact) mass is 208 g/mol. The Morgan fingerprint density at radius 1 is 1.07 bits per heavy atom. The summed E-state index contributed by atoms with van der Waals surface area (Å²) in [6, 6.07) is 0.536. The van der Waals surface area contributed by atoms with E-state index in [0.29, 0.717) is 6.04 Å². The van der Waals surface area contributed by atoms with Crippen molar-refractivity contribution in [3.63, 3.8) is 0 Å². The van der Waals surface area contributed by atoms with Crippen LogP contribution in [0.2, 0.25) is 0 Å². The van der Waals surface area contributed by atoms with Gasteiger partial charge in [-0.1, -0.05) is 0 Å². The van der Waals surface area contributed by atoms with Gasteiger partial charge in [-0.25, -0.2) is 4.79 Å². The van der Waals surface area contributed by atoms with Crippen molar-refractivity contribution in [3.8, 4) is 0 Å². The molecule has 0 saturated heterocycles. The minimum atomic E-state index is 0.0591. The number of nitrogens with one attached hydrogen (secondary N) is 2. The largest absolute Gasteiger partial charge is 0.338 e. The van der Waals surface area contributed by atoms with E-state index in [1.807, 2.05) is 0 Å². The third-order valence-electron chi connectivity index (χ3n) is 3.87. The third kappa shape index (κ3) is 2.64. The quantitative estimate of drug-likeness (QED) is 0.711. The summed E-state index contributed by atoms with van der Waals surface area (Å²) in [6.07, 6.45) is 7.92. The maximum Gasteiger partial charge on any atom is 0.315 e. The molecule has 0 bridgehead atoms. The van der Waals surface area contributed by atoms with E-state index in [2.05, 4.69) is 10.6 Å². The molecule has 3 aliphatic carbocycles. The molecule has 0 spiro atoms. The van der Waals surface area contributed by atoms with E-state index >= 15 is 0 Å². The smallest absolute Gasteiger partial charge is 0.315 e. The molecule has 84 valence electrons. The lowest BCUT2D eigenvalue weighted by atomic mass is 9.98. The Balaban J connectivity index is 1.40. The van der Waals surface area contributed by atoms with Crippen LogP contribution in [0.4, 0.5) is 4.79 Å². The molecule has 3 nitrogen and oxygen atoms in total. The van der Waals surface area contributed by atoms with Gasteiger partial charge in [0, 0.05) is 12.6 Å². The summed E-state index contributed by atoms with van der Waals surface area (Å²) in [5.74, 6) is 2.65. The Kier molecular flexibility index (Phi) is 2.33. The number of carbonyl (C=O) groups excluding carboxylic acids is 1. The zero-order chi connectivity index (χ0) is 10.3. The topological polar surface area (TPSA) is 41.1 Å². The van der Waals surface area contributed by atoms with Crippen LogP contribution in [0.15, 0.2) is 0 Å². The number of amides is 2. The van der Waals surface area contributed by atoms with Crippen LogP contribution in [0.25, 0.3) is 0 Å². The second kappa shape index (κ2) is 3.69. The van der Waals surface area contributed by atoms with Gasteiger partial charge >= 0.3 is 6.03 Å². The third-order valence-corrected chi connectivity index (χ3v) is 3.87. The Labute approximate surface area is 91.0 Å². The van der Waals surface area contributed by atoms with E-state index in [0.717, 1.165) is 24.3 Å². The van der Waals surface area contributed by atoms with Crippen molar-refractivity contribution in [2.24, 2.45) is 17.8 Å². The molecule has 3 saturated carbocycles. The van der Waals surface area contributed by atoms with Gasteiger partial charge in [0.25, 0.3) is 0 Å². The summed E-state index contributed by atoms with van der Waals surface area (Å²) in [5.41, 5.74) is 0. The highest BCUT2D eigenvalue weighted by molar-refractivity contribution is 5.74. The first-order chi connectivity index (χ1) is 7.33. The molecular weight excluding hydrogens is 188 g/mol. The Hall–Kier alpha value is -0.730.